The molecule has 80 valence electrons. The van der Waals surface area contributed by atoms with E-state index in [9.17, 15) is 9.59 Å². The topological polar surface area (TPSA) is 34.1 Å². The standard InChI is InChI=1S/C12H14O2S/c1-15-12(14)8-7-11(13)9-10-5-3-2-4-6-10/h2-6H,7-9H2,1H3. The Bertz CT molecular complexity index is 333. The van der Waals surface area contributed by atoms with Crippen LogP contribution in [0.5, 0.6) is 0 Å². The molecule has 0 heterocycles. The summed E-state index contributed by atoms with van der Waals surface area (Å²) in [7, 11) is 0. The number of benzene rings is 1. The van der Waals surface area contributed by atoms with Crippen molar-refractivity contribution in [1.29, 1.82) is 0 Å². The minimum atomic E-state index is 0.0800. The second kappa shape index (κ2) is 6.40. The van der Waals surface area contributed by atoms with E-state index >= 15 is 0 Å². The summed E-state index contributed by atoms with van der Waals surface area (Å²) >= 11 is 1.18. The molecule has 0 aliphatic carbocycles. The Hall–Kier alpha value is -1.09. The summed E-state index contributed by atoms with van der Waals surface area (Å²) < 4.78 is 0. The molecule has 1 aromatic carbocycles. The van der Waals surface area contributed by atoms with Gasteiger partial charge in [-0.3, -0.25) is 9.59 Å². The highest BCUT2D eigenvalue weighted by molar-refractivity contribution is 8.13. The average molecular weight is 222 g/mol. The van der Waals surface area contributed by atoms with Crippen LogP contribution in [0.15, 0.2) is 30.3 Å². The molecule has 0 spiro atoms. The van der Waals surface area contributed by atoms with Crippen molar-refractivity contribution in [2.24, 2.45) is 0 Å². The highest BCUT2D eigenvalue weighted by atomic mass is 32.2. The highest BCUT2D eigenvalue weighted by Crippen LogP contribution is 2.06. The Morgan fingerprint density at radius 2 is 1.80 bits per heavy atom. The van der Waals surface area contributed by atoms with E-state index in [1.165, 1.54) is 11.8 Å². The molecule has 1 rings (SSSR count). The van der Waals surface area contributed by atoms with Crippen LogP contribution in [-0.4, -0.2) is 17.2 Å². The molecule has 0 amide bonds. The number of Topliss-reactive ketones (excluding diaryl/α,β-unsaturated/α-hetero) is 1. The molecule has 2 nitrogen and oxygen atoms in total. The van der Waals surface area contributed by atoms with Crippen molar-refractivity contribution in [3.05, 3.63) is 35.9 Å². The number of hydrogen-bond acceptors (Lipinski definition) is 3. The van der Waals surface area contributed by atoms with Crippen LogP contribution in [0.3, 0.4) is 0 Å². The third kappa shape index (κ3) is 4.79. The maximum Gasteiger partial charge on any atom is 0.189 e. The van der Waals surface area contributed by atoms with Gasteiger partial charge in [0, 0.05) is 19.3 Å². The van der Waals surface area contributed by atoms with Crippen LogP contribution < -0.4 is 0 Å². The SMILES string of the molecule is CSC(=O)CCC(=O)Cc1ccccc1. The molecule has 0 atom stereocenters. The average Bonchev–Trinajstić information content (AvgIpc) is 2.27. The number of carbonyl (C=O) groups is 2. The lowest BCUT2D eigenvalue weighted by molar-refractivity contribution is -0.120. The van der Waals surface area contributed by atoms with Crippen molar-refractivity contribution in [1.82, 2.24) is 0 Å². The van der Waals surface area contributed by atoms with Crippen molar-refractivity contribution in [2.75, 3.05) is 6.26 Å². The van der Waals surface area contributed by atoms with E-state index in [0.717, 1.165) is 5.56 Å². The van der Waals surface area contributed by atoms with Crippen LogP contribution in [0.2, 0.25) is 0 Å². The van der Waals surface area contributed by atoms with E-state index in [1.807, 2.05) is 30.3 Å². The second-order valence-electron chi connectivity index (χ2n) is 3.28. The van der Waals surface area contributed by atoms with E-state index in [-0.39, 0.29) is 10.9 Å². The van der Waals surface area contributed by atoms with E-state index in [1.54, 1.807) is 6.26 Å². The quantitative estimate of drug-likeness (QED) is 0.767. The Labute approximate surface area is 94.1 Å². The van der Waals surface area contributed by atoms with Gasteiger partial charge >= 0.3 is 0 Å². The molecule has 0 radical (unpaired) electrons. The van der Waals surface area contributed by atoms with Crippen LogP contribution in [0, 0.1) is 0 Å². The van der Waals surface area contributed by atoms with Crippen LogP contribution >= 0.6 is 11.8 Å². The van der Waals surface area contributed by atoms with Crippen molar-refractivity contribution >= 4 is 22.7 Å². The van der Waals surface area contributed by atoms with Gasteiger partial charge in [0.25, 0.3) is 0 Å². The van der Waals surface area contributed by atoms with E-state index in [2.05, 4.69) is 0 Å². The molecule has 0 aliphatic rings. The fourth-order valence-electron chi connectivity index (χ4n) is 1.26. The summed E-state index contributed by atoms with van der Waals surface area (Å²) in [6.07, 6.45) is 2.88. The summed E-state index contributed by atoms with van der Waals surface area (Å²) in [6, 6.07) is 9.60. The first-order valence-corrected chi connectivity index (χ1v) is 6.07. The molecule has 0 unspecified atom stereocenters. The molecule has 0 bridgehead atoms. The Balaban J connectivity index is 2.34. The smallest absolute Gasteiger partial charge is 0.189 e. The van der Waals surface area contributed by atoms with Gasteiger partial charge in [0.15, 0.2) is 5.12 Å². The molecular formula is C12H14O2S. The minimum absolute atomic E-state index is 0.0800. The van der Waals surface area contributed by atoms with Gasteiger partial charge in [-0.05, 0) is 11.8 Å². The molecule has 0 aliphatic heterocycles. The summed E-state index contributed by atoms with van der Waals surface area (Å²) in [4.78, 5) is 22.5. The monoisotopic (exact) mass is 222 g/mol. The largest absolute Gasteiger partial charge is 0.299 e. The van der Waals surface area contributed by atoms with Crippen LogP contribution in [0.4, 0.5) is 0 Å². The summed E-state index contributed by atoms with van der Waals surface area (Å²) in [5, 5.41) is 0.0800. The third-order valence-electron chi connectivity index (χ3n) is 2.08. The molecule has 0 fully saturated rings. The zero-order chi connectivity index (χ0) is 11.1. The first-order valence-electron chi connectivity index (χ1n) is 4.85. The van der Waals surface area contributed by atoms with E-state index in [4.69, 9.17) is 0 Å². The van der Waals surface area contributed by atoms with Gasteiger partial charge in [-0.15, -0.1) is 0 Å². The zero-order valence-corrected chi connectivity index (χ0v) is 9.55. The lowest BCUT2D eigenvalue weighted by Gasteiger charge is -1.99. The van der Waals surface area contributed by atoms with Gasteiger partial charge in [-0.1, -0.05) is 42.1 Å². The Morgan fingerprint density at radius 1 is 1.13 bits per heavy atom. The number of hydrogen-bond donors (Lipinski definition) is 0. The first kappa shape index (κ1) is 12.0. The molecular weight excluding hydrogens is 208 g/mol. The van der Waals surface area contributed by atoms with Crippen LogP contribution in [0.1, 0.15) is 18.4 Å². The summed E-state index contributed by atoms with van der Waals surface area (Å²) in [6.45, 7) is 0. The van der Waals surface area contributed by atoms with Crippen molar-refractivity contribution < 1.29 is 9.59 Å². The Kier molecular flexibility index (Phi) is 5.12. The van der Waals surface area contributed by atoms with Gasteiger partial charge in [-0.2, -0.15) is 0 Å². The number of ketones is 1. The fraction of sp³-hybridized carbons (Fsp3) is 0.333. The number of thioether (sulfide) groups is 1. The van der Waals surface area contributed by atoms with Gasteiger partial charge in [0.2, 0.25) is 0 Å². The van der Waals surface area contributed by atoms with Gasteiger partial charge in [0.1, 0.15) is 5.78 Å². The van der Waals surface area contributed by atoms with Crippen LogP contribution in [0.25, 0.3) is 0 Å². The number of rotatable bonds is 5. The van der Waals surface area contributed by atoms with Crippen molar-refractivity contribution in [3.8, 4) is 0 Å². The Morgan fingerprint density at radius 3 is 2.40 bits per heavy atom. The maximum absolute atomic E-state index is 11.5. The van der Waals surface area contributed by atoms with Crippen molar-refractivity contribution in [2.45, 2.75) is 19.3 Å². The third-order valence-corrected chi connectivity index (χ3v) is 2.74. The van der Waals surface area contributed by atoms with Gasteiger partial charge in [0.05, 0.1) is 0 Å². The molecule has 0 saturated heterocycles. The predicted molar refractivity (Wildman–Crippen MR) is 62.9 cm³/mol. The van der Waals surface area contributed by atoms with Gasteiger partial charge < -0.3 is 0 Å². The molecule has 0 aromatic heterocycles. The molecule has 3 heteroatoms. The fourth-order valence-corrected chi connectivity index (χ4v) is 1.56. The molecule has 0 saturated carbocycles. The van der Waals surface area contributed by atoms with Gasteiger partial charge in [-0.25, -0.2) is 0 Å². The summed E-state index contributed by atoms with van der Waals surface area (Å²) in [5.41, 5.74) is 1.01. The van der Waals surface area contributed by atoms with Crippen LogP contribution in [-0.2, 0) is 16.0 Å². The highest BCUT2D eigenvalue weighted by Gasteiger charge is 2.06. The van der Waals surface area contributed by atoms with Crippen molar-refractivity contribution in [3.63, 3.8) is 0 Å². The second-order valence-corrected chi connectivity index (χ2v) is 4.14. The zero-order valence-electron chi connectivity index (χ0n) is 8.73. The lowest BCUT2D eigenvalue weighted by atomic mass is 10.1. The van der Waals surface area contributed by atoms with E-state index < -0.39 is 0 Å². The number of carbonyl (C=O) groups excluding carboxylic acids is 2. The molecule has 0 N–H and O–H groups in total. The molecule has 1 aromatic rings. The predicted octanol–water partition coefficient (Wildman–Crippen LogP) is 2.47. The van der Waals surface area contributed by atoms with E-state index in [0.29, 0.717) is 19.3 Å². The minimum Gasteiger partial charge on any atom is -0.299 e. The normalized spacial score (nSPS) is 9.93. The first-order chi connectivity index (χ1) is 7.22. The molecule has 15 heavy (non-hydrogen) atoms. The maximum atomic E-state index is 11.5. The lowest BCUT2D eigenvalue weighted by Crippen LogP contribution is -2.04. The summed E-state index contributed by atoms with van der Waals surface area (Å²) in [5.74, 6) is 0.128.